The van der Waals surface area contributed by atoms with Crippen molar-refractivity contribution in [3.8, 4) is 0 Å². The fourth-order valence-corrected chi connectivity index (χ4v) is 1.74. The molecular formula is C14H8UV-2. The molecule has 0 amide bonds. The van der Waals surface area contributed by atoms with E-state index in [4.69, 9.17) is 0 Å². The van der Waals surface area contributed by atoms with Gasteiger partial charge in [0, 0.05) is 49.7 Å². The van der Waals surface area contributed by atoms with Crippen molar-refractivity contribution in [2.24, 2.45) is 0 Å². The second-order valence-electron chi connectivity index (χ2n) is 3.37. The SMILES string of the molecule is [U].[V].[c-]1cccc2cc3ccc[c-]c3cc12. The molecule has 0 aliphatic carbocycles. The van der Waals surface area contributed by atoms with Crippen LogP contribution in [0.4, 0.5) is 0 Å². The Kier molecular flexibility index (Phi) is 5.15. The fraction of sp³-hybridized carbons (Fsp3) is 0. The monoisotopic (exact) mass is 465 g/mol. The van der Waals surface area contributed by atoms with Crippen molar-refractivity contribution in [3.63, 3.8) is 0 Å². The molecule has 0 atom stereocenters. The second kappa shape index (κ2) is 5.94. The Hall–Kier alpha value is -0.184. The predicted octanol–water partition coefficient (Wildman–Crippen LogP) is 3.59. The molecule has 1 radical (unpaired) electrons. The van der Waals surface area contributed by atoms with Crippen molar-refractivity contribution in [3.05, 3.63) is 60.7 Å². The Balaban J connectivity index is 0.000000640. The number of fused-ring (bicyclic) bond motifs is 2. The van der Waals surface area contributed by atoms with Gasteiger partial charge in [-0.2, -0.15) is 0 Å². The number of rotatable bonds is 0. The van der Waals surface area contributed by atoms with Gasteiger partial charge < -0.3 is 0 Å². The van der Waals surface area contributed by atoms with Gasteiger partial charge in [0.05, 0.1) is 0 Å². The van der Waals surface area contributed by atoms with E-state index < -0.39 is 0 Å². The molecule has 2 heteroatoms. The van der Waals surface area contributed by atoms with E-state index in [1.54, 1.807) is 0 Å². The molecule has 0 aromatic heterocycles. The van der Waals surface area contributed by atoms with Crippen molar-refractivity contribution >= 4 is 21.5 Å². The average Bonchev–Trinajstić information content (AvgIpc) is 2.26. The predicted molar refractivity (Wildman–Crippen MR) is 59.1 cm³/mol. The maximum Gasteiger partial charge on any atom is 0 e. The summed E-state index contributed by atoms with van der Waals surface area (Å²) in [5, 5.41) is 4.78. The van der Waals surface area contributed by atoms with Crippen LogP contribution < -0.4 is 0 Å². The van der Waals surface area contributed by atoms with Crippen LogP contribution in [0, 0.1) is 43.2 Å². The Morgan fingerprint density at radius 2 is 1.25 bits per heavy atom. The van der Waals surface area contributed by atoms with Gasteiger partial charge in [0.25, 0.3) is 0 Å². The maximum atomic E-state index is 3.22. The normalized spacial score (nSPS) is 9.50. The third kappa shape index (κ3) is 2.55. The van der Waals surface area contributed by atoms with Gasteiger partial charge >= 0.3 is 0 Å². The summed E-state index contributed by atoms with van der Waals surface area (Å²) in [5.74, 6) is 0. The minimum atomic E-state index is 0. The molecule has 3 rings (SSSR count). The summed E-state index contributed by atoms with van der Waals surface area (Å²) < 4.78 is 0. The summed E-state index contributed by atoms with van der Waals surface area (Å²) in [4.78, 5) is 0. The number of hydrogen-bond donors (Lipinski definition) is 0. The Labute approximate surface area is 131 Å². The number of benzene rings is 3. The molecule has 0 aliphatic heterocycles. The van der Waals surface area contributed by atoms with E-state index in [0.29, 0.717) is 0 Å². The summed E-state index contributed by atoms with van der Waals surface area (Å²) in [6.45, 7) is 0. The molecule has 0 bridgehead atoms. The van der Waals surface area contributed by atoms with E-state index in [0.717, 1.165) is 10.8 Å². The minimum absolute atomic E-state index is 0. The van der Waals surface area contributed by atoms with Gasteiger partial charge in [-0.1, -0.05) is 0 Å². The van der Waals surface area contributed by atoms with Crippen LogP contribution in [-0.2, 0) is 18.6 Å². The third-order valence-corrected chi connectivity index (χ3v) is 2.44. The van der Waals surface area contributed by atoms with Gasteiger partial charge in [0.15, 0.2) is 0 Å². The Bertz CT molecular complexity index is 499. The van der Waals surface area contributed by atoms with Crippen LogP contribution in [0.25, 0.3) is 21.5 Å². The first-order valence-corrected chi connectivity index (χ1v) is 4.64. The molecule has 3 aromatic rings. The molecule has 0 fully saturated rings. The summed E-state index contributed by atoms with van der Waals surface area (Å²) in [5.41, 5.74) is 0. The van der Waals surface area contributed by atoms with Crippen LogP contribution in [0.1, 0.15) is 0 Å². The van der Waals surface area contributed by atoms with E-state index in [1.165, 1.54) is 10.8 Å². The first-order valence-electron chi connectivity index (χ1n) is 4.64. The van der Waals surface area contributed by atoms with E-state index in [2.05, 4.69) is 36.4 Å². The van der Waals surface area contributed by atoms with Gasteiger partial charge in [0.2, 0.25) is 0 Å². The molecule has 16 heavy (non-hydrogen) atoms. The van der Waals surface area contributed by atoms with Gasteiger partial charge in [-0.25, -0.2) is 0 Å². The maximum absolute atomic E-state index is 3.22. The van der Waals surface area contributed by atoms with E-state index >= 15 is 0 Å². The van der Waals surface area contributed by atoms with Crippen molar-refractivity contribution in [2.75, 3.05) is 0 Å². The molecular weight excluding hydrogens is 457 g/mol. The third-order valence-electron chi connectivity index (χ3n) is 2.44. The van der Waals surface area contributed by atoms with E-state index in [1.807, 2.05) is 24.3 Å². The van der Waals surface area contributed by atoms with Gasteiger partial charge in [-0.15, -0.1) is 82.2 Å². The molecule has 0 saturated heterocycles. The van der Waals surface area contributed by atoms with Crippen molar-refractivity contribution in [1.82, 2.24) is 0 Å². The largest absolute Gasteiger partial charge is 0.147 e. The first kappa shape index (κ1) is 13.9. The topological polar surface area (TPSA) is 0 Å². The molecule has 0 heterocycles. The minimum Gasteiger partial charge on any atom is -0.147 e. The van der Waals surface area contributed by atoms with E-state index in [-0.39, 0.29) is 49.7 Å². The standard InChI is InChI=1S/C14H8.U.V/c1-2-6-12-10-14-8-4-3-7-13(14)9-11(12)5-1;;/h1-5,7,9-10H;;/q-2;;. The summed E-state index contributed by atoms with van der Waals surface area (Å²) in [7, 11) is 0. The zero-order valence-corrected chi connectivity index (χ0v) is 14.1. The molecule has 3 aromatic carbocycles. The molecule has 0 saturated carbocycles. The summed E-state index contributed by atoms with van der Waals surface area (Å²) >= 11 is 0. The van der Waals surface area contributed by atoms with Crippen molar-refractivity contribution in [1.29, 1.82) is 0 Å². The zero-order chi connectivity index (χ0) is 9.38. The van der Waals surface area contributed by atoms with Crippen LogP contribution in [0.2, 0.25) is 0 Å². The molecule has 75 valence electrons. The zero-order valence-electron chi connectivity index (χ0n) is 8.57. The van der Waals surface area contributed by atoms with Crippen LogP contribution in [0.5, 0.6) is 0 Å². The summed E-state index contributed by atoms with van der Waals surface area (Å²) in [6, 6.07) is 22.9. The van der Waals surface area contributed by atoms with Crippen LogP contribution in [0.3, 0.4) is 0 Å². The first-order chi connectivity index (χ1) is 6.93. The Morgan fingerprint density at radius 3 is 1.75 bits per heavy atom. The van der Waals surface area contributed by atoms with Gasteiger partial charge in [-0.3, -0.25) is 0 Å². The Morgan fingerprint density at radius 1 is 0.750 bits per heavy atom. The van der Waals surface area contributed by atoms with Crippen LogP contribution in [0.15, 0.2) is 48.5 Å². The van der Waals surface area contributed by atoms with E-state index in [9.17, 15) is 0 Å². The fourth-order valence-electron chi connectivity index (χ4n) is 1.74. The van der Waals surface area contributed by atoms with Crippen molar-refractivity contribution in [2.45, 2.75) is 0 Å². The molecule has 0 aliphatic rings. The summed E-state index contributed by atoms with van der Waals surface area (Å²) in [6.07, 6.45) is 0. The van der Waals surface area contributed by atoms with Gasteiger partial charge in [0.1, 0.15) is 0 Å². The number of hydrogen-bond acceptors (Lipinski definition) is 0. The van der Waals surface area contributed by atoms with Crippen LogP contribution >= 0.6 is 0 Å². The average molecular weight is 465 g/mol. The molecule has 0 N–H and O–H groups in total. The molecule has 0 nitrogen and oxygen atoms in total. The second-order valence-corrected chi connectivity index (χ2v) is 3.37. The molecule has 0 unspecified atom stereocenters. The molecule has 0 spiro atoms. The van der Waals surface area contributed by atoms with Crippen molar-refractivity contribution < 1.29 is 49.7 Å². The van der Waals surface area contributed by atoms with Crippen LogP contribution in [-0.4, -0.2) is 0 Å². The quantitative estimate of drug-likeness (QED) is 0.352. The smallest absolute Gasteiger partial charge is 0 e. The van der Waals surface area contributed by atoms with Gasteiger partial charge in [-0.05, 0) is 0 Å².